The van der Waals surface area contributed by atoms with Crippen molar-refractivity contribution >= 4 is 23.0 Å². The maximum atomic E-state index is 11.9. The second-order valence-electron chi connectivity index (χ2n) is 1.96. The Kier molecular flexibility index (Phi) is 2.76. The molecule has 0 amide bonds. The Bertz CT molecular complexity index is 258. The van der Waals surface area contributed by atoms with E-state index in [0.29, 0.717) is 0 Å². The lowest BCUT2D eigenvalue weighted by Gasteiger charge is -2.04. The molecular formula is C6H3F3INO. The van der Waals surface area contributed by atoms with Crippen LogP contribution in [-0.2, 0) is 6.18 Å². The first-order valence-electron chi connectivity index (χ1n) is 2.86. The second-order valence-corrected chi connectivity index (χ2v) is 2.40. The van der Waals surface area contributed by atoms with E-state index in [1.807, 2.05) is 0 Å². The van der Waals surface area contributed by atoms with E-state index in [-0.39, 0.29) is 5.88 Å². The Morgan fingerprint density at radius 2 is 2.00 bits per heavy atom. The molecule has 0 aliphatic heterocycles. The van der Waals surface area contributed by atoms with E-state index >= 15 is 0 Å². The van der Waals surface area contributed by atoms with Gasteiger partial charge in [-0.05, 0) is 6.07 Å². The molecule has 2 nitrogen and oxygen atoms in total. The van der Waals surface area contributed by atoms with Gasteiger partial charge in [-0.2, -0.15) is 13.2 Å². The van der Waals surface area contributed by atoms with E-state index in [0.717, 1.165) is 18.3 Å². The first-order valence-corrected chi connectivity index (χ1v) is 3.74. The summed E-state index contributed by atoms with van der Waals surface area (Å²) in [5.41, 5.74) is -0.778. The third-order valence-corrected chi connectivity index (χ3v) is 1.59. The summed E-state index contributed by atoms with van der Waals surface area (Å²) in [5.74, 6) is 0.156. The minimum Gasteiger partial charge on any atom is -0.408 e. The van der Waals surface area contributed by atoms with Crippen molar-refractivity contribution in [2.24, 2.45) is 0 Å². The average molecular weight is 289 g/mol. The van der Waals surface area contributed by atoms with Gasteiger partial charge in [-0.3, -0.25) is 0 Å². The number of halogens is 4. The van der Waals surface area contributed by atoms with Crippen LogP contribution in [0.15, 0.2) is 18.3 Å². The second kappa shape index (κ2) is 3.46. The standard InChI is InChI=1S/C6H3F3INO/c7-6(8,9)4-1-2-5(12-10)11-3-4/h1-3H. The zero-order valence-corrected chi connectivity index (χ0v) is 7.76. The number of hydrogen-bond donors (Lipinski definition) is 0. The summed E-state index contributed by atoms with van der Waals surface area (Å²) in [6.07, 6.45) is -3.61. The van der Waals surface area contributed by atoms with Crippen molar-refractivity contribution in [3.63, 3.8) is 0 Å². The molecule has 0 fully saturated rings. The SMILES string of the molecule is FC(F)(F)c1ccc(OI)nc1. The molecular weight excluding hydrogens is 286 g/mol. The normalized spacial score (nSPS) is 11.3. The summed E-state index contributed by atoms with van der Waals surface area (Å²) in [4.78, 5) is 3.41. The number of aromatic nitrogens is 1. The Balaban J connectivity index is 2.93. The van der Waals surface area contributed by atoms with Crippen LogP contribution < -0.4 is 3.07 Å². The molecule has 0 atom stereocenters. The quantitative estimate of drug-likeness (QED) is 0.742. The minimum atomic E-state index is -4.34. The third-order valence-electron chi connectivity index (χ3n) is 1.14. The summed E-state index contributed by atoms with van der Waals surface area (Å²) < 4.78 is 40.4. The van der Waals surface area contributed by atoms with Gasteiger partial charge in [-0.25, -0.2) is 4.98 Å². The summed E-state index contributed by atoms with van der Waals surface area (Å²) in [6, 6.07) is 2.08. The highest BCUT2D eigenvalue weighted by atomic mass is 127. The van der Waals surface area contributed by atoms with Crippen molar-refractivity contribution in [2.75, 3.05) is 0 Å². The Morgan fingerprint density at radius 3 is 2.33 bits per heavy atom. The fourth-order valence-electron chi connectivity index (χ4n) is 0.594. The van der Waals surface area contributed by atoms with Crippen molar-refractivity contribution in [3.05, 3.63) is 23.9 Å². The molecule has 1 rings (SSSR count). The first-order chi connectivity index (χ1) is 5.54. The van der Waals surface area contributed by atoms with Gasteiger partial charge >= 0.3 is 6.18 Å². The first kappa shape index (κ1) is 9.56. The molecule has 0 spiro atoms. The van der Waals surface area contributed by atoms with Crippen molar-refractivity contribution in [1.29, 1.82) is 0 Å². The molecule has 66 valence electrons. The molecule has 0 unspecified atom stereocenters. The minimum absolute atomic E-state index is 0.156. The third kappa shape index (κ3) is 2.23. The van der Waals surface area contributed by atoms with Gasteiger partial charge in [0.25, 0.3) is 0 Å². The monoisotopic (exact) mass is 289 g/mol. The van der Waals surface area contributed by atoms with Crippen LogP contribution in [0.3, 0.4) is 0 Å². The molecule has 6 heteroatoms. The lowest BCUT2D eigenvalue weighted by atomic mass is 10.3. The van der Waals surface area contributed by atoms with E-state index in [2.05, 4.69) is 8.05 Å². The van der Waals surface area contributed by atoms with Gasteiger partial charge in [0, 0.05) is 12.3 Å². The fraction of sp³-hybridized carbons (Fsp3) is 0.167. The van der Waals surface area contributed by atoms with E-state index in [9.17, 15) is 13.2 Å². The number of hydrogen-bond acceptors (Lipinski definition) is 2. The van der Waals surface area contributed by atoms with Gasteiger partial charge in [0.15, 0.2) is 23.0 Å². The Morgan fingerprint density at radius 1 is 1.33 bits per heavy atom. The summed E-state index contributed by atoms with van der Waals surface area (Å²) in [5, 5.41) is 0. The lowest BCUT2D eigenvalue weighted by molar-refractivity contribution is -0.137. The molecule has 1 aromatic rings. The van der Waals surface area contributed by atoms with Gasteiger partial charge in [0.1, 0.15) is 0 Å². The highest BCUT2D eigenvalue weighted by molar-refractivity contribution is 14.1. The molecule has 0 saturated carbocycles. The maximum Gasteiger partial charge on any atom is 0.417 e. The van der Waals surface area contributed by atoms with E-state index in [4.69, 9.17) is 0 Å². The van der Waals surface area contributed by atoms with Gasteiger partial charge in [0.2, 0.25) is 5.88 Å². The summed E-state index contributed by atoms with van der Waals surface area (Å²) in [6.45, 7) is 0. The molecule has 1 aromatic heterocycles. The molecule has 1 heterocycles. The predicted octanol–water partition coefficient (Wildman–Crippen LogP) is 2.83. The number of rotatable bonds is 1. The van der Waals surface area contributed by atoms with Crippen molar-refractivity contribution < 1.29 is 16.2 Å². The van der Waals surface area contributed by atoms with E-state index < -0.39 is 11.7 Å². The van der Waals surface area contributed by atoms with Gasteiger partial charge < -0.3 is 3.07 Å². The summed E-state index contributed by atoms with van der Waals surface area (Å²) >= 11 is 1.54. The molecule has 0 N–H and O–H groups in total. The van der Waals surface area contributed by atoms with Gasteiger partial charge in [-0.1, -0.05) is 0 Å². The smallest absolute Gasteiger partial charge is 0.408 e. The largest absolute Gasteiger partial charge is 0.417 e. The zero-order valence-electron chi connectivity index (χ0n) is 5.60. The van der Waals surface area contributed by atoms with Crippen LogP contribution in [0.2, 0.25) is 0 Å². The van der Waals surface area contributed by atoms with Crippen molar-refractivity contribution in [2.45, 2.75) is 6.18 Å². The Hall–Kier alpha value is -0.530. The van der Waals surface area contributed by atoms with Gasteiger partial charge in [-0.15, -0.1) is 0 Å². The molecule has 0 aromatic carbocycles. The van der Waals surface area contributed by atoms with Crippen LogP contribution in [0.5, 0.6) is 5.88 Å². The molecule has 0 aliphatic carbocycles. The molecule has 12 heavy (non-hydrogen) atoms. The van der Waals surface area contributed by atoms with Crippen LogP contribution in [0.1, 0.15) is 5.56 Å². The van der Waals surface area contributed by atoms with Gasteiger partial charge in [0.05, 0.1) is 5.56 Å². The van der Waals surface area contributed by atoms with Crippen LogP contribution >= 0.6 is 23.0 Å². The van der Waals surface area contributed by atoms with Crippen molar-refractivity contribution in [3.8, 4) is 5.88 Å². The molecule has 0 bridgehead atoms. The molecule has 0 saturated heterocycles. The number of pyridine rings is 1. The topological polar surface area (TPSA) is 22.1 Å². The summed E-state index contributed by atoms with van der Waals surface area (Å²) in [7, 11) is 0. The highest BCUT2D eigenvalue weighted by Gasteiger charge is 2.30. The maximum absolute atomic E-state index is 11.9. The average Bonchev–Trinajstić information content (AvgIpc) is 2.03. The Labute approximate surface area is 80.4 Å². The predicted molar refractivity (Wildman–Crippen MR) is 43.9 cm³/mol. The molecule has 0 aliphatic rings. The lowest BCUT2D eigenvalue weighted by Crippen LogP contribution is -2.04. The zero-order chi connectivity index (χ0) is 9.19. The van der Waals surface area contributed by atoms with Crippen LogP contribution in [0.4, 0.5) is 13.2 Å². The fourth-order valence-corrected chi connectivity index (χ4v) is 0.854. The van der Waals surface area contributed by atoms with E-state index in [1.54, 1.807) is 23.0 Å². The van der Waals surface area contributed by atoms with Crippen LogP contribution in [-0.4, -0.2) is 4.98 Å². The van der Waals surface area contributed by atoms with Crippen LogP contribution in [0.25, 0.3) is 0 Å². The van der Waals surface area contributed by atoms with Crippen LogP contribution in [0, 0.1) is 0 Å². The highest BCUT2D eigenvalue weighted by Crippen LogP contribution is 2.29. The van der Waals surface area contributed by atoms with E-state index in [1.165, 1.54) is 0 Å². The number of alkyl halides is 3. The molecule has 0 radical (unpaired) electrons. The number of nitrogens with zero attached hydrogens (tertiary/aromatic N) is 1. The van der Waals surface area contributed by atoms with Crippen molar-refractivity contribution in [1.82, 2.24) is 4.98 Å².